The summed E-state index contributed by atoms with van der Waals surface area (Å²) in [6.45, 7) is 1.46. The second-order valence-corrected chi connectivity index (χ2v) is 5.50. The first kappa shape index (κ1) is 15.1. The quantitative estimate of drug-likeness (QED) is 0.768. The van der Waals surface area contributed by atoms with E-state index in [-0.39, 0.29) is 18.9 Å². The van der Waals surface area contributed by atoms with Gasteiger partial charge in [0.25, 0.3) is 0 Å². The molecule has 1 N–H and O–H groups in total. The highest BCUT2D eigenvalue weighted by Crippen LogP contribution is 2.06. The van der Waals surface area contributed by atoms with Crippen LogP contribution in [0.2, 0.25) is 0 Å². The molecule has 0 amide bonds. The lowest BCUT2D eigenvalue weighted by molar-refractivity contribution is -0.141. The van der Waals surface area contributed by atoms with E-state index in [1.165, 1.54) is 12.1 Å². The van der Waals surface area contributed by atoms with E-state index in [2.05, 4.69) is 9.46 Å². The Morgan fingerprint density at radius 2 is 2.00 bits per heavy atom. The molecule has 0 aliphatic heterocycles. The molecule has 102 valence electrons. The van der Waals surface area contributed by atoms with Crippen molar-refractivity contribution in [1.82, 2.24) is 4.72 Å². The van der Waals surface area contributed by atoms with Crippen LogP contribution in [0.4, 0.5) is 0 Å². The molecule has 0 aliphatic carbocycles. The highest BCUT2D eigenvalue weighted by atomic mass is 32.2. The summed E-state index contributed by atoms with van der Waals surface area (Å²) < 4.78 is 30.1. The zero-order valence-electron chi connectivity index (χ0n) is 10.4. The first-order chi connectivity index (χ1) is 8.96. The number of hydrogen-bond acceptors (Lipinski definition) is 5. The Bertz CT molecular complexity index is 573. The molecule has 6 nitrogen and oxygen atoms in total. The first-order valence-corrected chi connectivity index (χ1v) is 7.24. The van der Waals surface area contributed by atoms with Crippen LogP contribution in [0, 0.1) is 11.3 Å². The lowest BCUT2D eigenvalue weighted by atomic mass is 10.2. The fourth-order valence-corrected chi connectivity index (χ4v) is 2.40. The SMILES string of the molecule is CCOC(=O)CNS(=O)(=O)Cc1ccc(C#N)cc1. The monoisotopic (exact) mass is 282 g/mol. The second kappa shape index (κ2) is 6.87. The van der Waals surface area contributed by atoms with Crippen LogP contribution in [-0.2, 0) is 25.3 Å². The molecule has 0 aromatic heterocycles. The van der Waals surface area contributed by atoms with Crippen LogP contribution in [0.15, 0.2) is 24.3 Å². The summed E-state index contributed by atoms with van der Waals surface area (Å²) >= 11 is 0. The molecule has 0 atom stereocenters. The van der Waals surface area contributed by atoms with Crippen LogP contribution in [0.5, 0.6) is 0 Å². The van der Waals surface area contributed by atoms with Crippen molar-refractivity contribution in [2.24, 2.45) is 0 Å². The van der Waals surface area contributed by atoms with E-state index >= 15 is 0 Å². The lowest BCUT2D eigenvalue weighted by Gasteiger charge is -2.06. The minimum Gasteiger partial charge on any atom is -0.465 e. The lowest BCUT2D eigenvalue weighted by Crippen LogP contribution is -2.31. The van der Waals surface area contributed by atoms with Crippen LogP contribution >= 0.6 is 0 Å². The Kier molecular flexibility index (Phi) is 5.48. The van der Waals surface area contributed by atoms with Gasteiger partial charge in [0.15, 0.2) is 0 Å². The van der Waals surface area contributed by atoms with E-state index < -0.39 is 16.0 Å². The van der Waals surface area contributed by atoms with Gasteiger partial charge < -0.3 is 4.74 Å². The maximum atomic E-state index is 11.7. The van der Waals surface area contributed by atoms with E-state index in [0.717, 1.165) is 0 Å². The van der Waals surface area contributed by atoms with Crippen LogP contribution in [-0.4, -0.2) is 27.5 Å². The molecule has 0 saturated heterocycles. The van der Waals surface area contributed by atoms with E-state index in [1.807, 2.05) is 6.07 Å². The summed E-state index contributed by atoms with van der Waals surface area (Å²) in [4.78, 5) is 11.0. The summed E-state index contributed by atoms with van der Waals surface area (Å²) in [6, 6.07) is 8.14. The molecule has 0 saturated carbocycles. The molecular weight excluding hydrogens is 268 g/mol. The molecule has 1 aromatic rings. The fourth-order valence-electron chi connectivity index (χ4n) is 1.33. The molecule has 0 aliphatic rings. The number of rotatable bonds is 6. The minimum atomic E-state index is -3.60. The number of hydrogen-bond donors (Lipinski definition) is 1. The van der Waals surface area contributed by atoms with E-state index in [4.69, 9.17) is 5.26 Å². The Balaban J connectivity index is 2.59. The number of sulfonamides is 1. The average Bonchev–Trinajstić information content (AvgIpc) is 2.37. The van der Waals surface area contributed by atoms with Crippen molar-refractivity contribution in [2.75, 3.05) is 13.2 Å². The number of benzene rings is 1. The number of nitrogens with zero attached hydrogens (tertiary/aromatic N) is 1. The molecule has 0 heterocycles. The van der Waals surface area contributed by atoms with Gasteiger partial charge in [-0.05, 0) is 24.6 Å². The Morgan fingerprint density at radius 1 is 1.37 bits per heavy atom. The predicted octanol–water partition coefficient (Wildman–Crippen LogP) is 0.541. The zero-order valence-corrected chi connectivity index (χ0v) is 11.2. The van der Waals surface area contributed by atoms with Gasteiger partial charge >= 0.3 is 5.97 Å². The second-order valence-electron chi connectivity index (χ2n) is 3.69. The van der Waals surface area contributed by atoms with Crippen LogP contribution < -0.4 is 4.72 Å². The molecule has 19 heavy (non-hydrogen) atoms. The maximum Gasteiger partial charge on any atom is 0.320 e. The van der Waals surface area contributed by atoms with Crippen molar-refractivity contribution >= 4 is 16.0 Å². The van der Waals surface area contributed by atoms with Crippen molar-refractivity contribution in [3.8, 4) is 6.07 Å². The normalized spacial score (nSPS) is 10.7. The van der Waals surface area contributed by atoms with Crippen molar-refractivity contribution in [3.63, 3.8) is 0 Å². The average molecular weight is 282 g/mol. The van der Waals surface area contributed by atoms with Crippen LogP contribution in [0.25, 0.3) is 0 Å². The van der Waals surface area contributed by atoms with Crippen LogP contribution in [0.3, 0.4) is 0 Å². The van der Waals surface area contributed by atoms with Crippen molar-refractivity contribution in [2.45, 2.75) is 12.7 Å². The van der Waals surface area contributed by atoms with E-state index in [1.54, 1.807) is 19.1 Å². The van der Waals surface area contributed by atoms with E-state index in [0.29, 0.717) is 11.1 Å². The summed E-state index contributed by atoms with van der Waals surface area (Å²) in [5.41, 5.74) is 0.996. The summed E-state index contributed by atoms with van der Waals surface area (Å²) in [6.07, 6.45) is 0. The van der Waals surface area contributed by atoms with Gasteiger partial charge in [-0.15, -0.1) is 0 Å². The molecule has 0 unspecified atom stereocenters. The van der Waals surface area contributed by atoms with Gasteiger partial charge in [0.05, 0.1) is 24.0 Å². The van der Waals surface area contributed by atoms with Crippen molar-refractivity contribution in [1.29, 1.82) is 5.26 Å². The third-order valence-electron chi connectivity index (χ3n) is 2.18. The Labute approximate surface area is 112 Å². The number of esters is 1. The summed E-state index contributed by atoms with van der Waals surface area (Å²) in [7, 11) is -3.60. The molecule has 0 spiro atoms. The molecule has 1 rings (SSSR count). The van der Waals surface area contributed by atoms with Gasteiger partial charge in [-0.25, -0.2) is 13.1 Å². The van der Waals surface area contributed by atoms with Crippen LogP contribution in [0.1, 0.15) is 18.1 Å². The number of carbonyl (C=O) groups excluding carboxylic acids is 1. The maximum absolute atomic E-state index is 11.7. The van der Waals surface area contributed by atoms with Crippen molar-refractivity contribution in [3.05, 3.63) is 35.4 Å². The largest absolute Gasteiger partial charge is 0.465 e. The number of ether oxygens (including phenoxy) is 1. The topological polar surface area (TPSA) is 96.3 Å². The third kappa shape index (κ3) is 5.50. The molecule has 0 radical (unpaired) electrons. The summed E-state index contributed by atoms with van der Waals surface area (Å²) in [5.74, 6) is -0.871. The zero-order chi connectivity index (χ0) is 14.3. The van der Waals surface area contributed by atoms with Gasteiger partial charge in [-0.3, -0.25) is 4.79 Å². The molecule has 0 fully saturated rings. The highest BCUT2D eigenvalue weighted by molar-refractivity contribution is 7.88. The predicted molar refractivity (Wildman–Crippen MR) is 68.4 cm³/mol. The van der Waals surface area contributed by atoms with Gasteiger partial charge in [-0.2, -0.15) is 5.26 Å². The minimum absolute atomic E-state index is 0.205. The van der Waals surface area contributed by atoms with Gasteiger partial charge in [-0.1, -0.05) is 12.1 Å². The fraction of sp³-hybridized carbons (Fsp3) is 0.333. The van der Waals surface area contributed by atoms with Gasteiger partial charge in [0, 0.05) is 0 Å². The van der Waals surface area contributed by atoms with Crippen molar-refractivity contribution < 1.29 is 17.9 Å². The van der Waals surface area contributed by atoms with E-state index in [9.17, 15) is 13.2 Å². The molecular formula is C12H14N2O4S. The number of carbonyl (C=O) groups is 1. The molecule has 1 aromatic carbocycles. The number of nitrogens with one attached hydrogen (secondary N) is 1. The third-order valence-corrected chi connectivity index (χ3v) is 3.48. The first-order valence-electron chi connectivity index (χ1n) is 5.59. The standard InChI is InChI=1S/C12H14N2O4S/c1-2-18-12(15)8-14-19(16,17)9-11-5-3-10(7-13)4-6-11/h3-6,14H,2,8-9H2,1H3. The van der Waals surface area contributed by atoms with Gasteiger partial charge in [0.1, 0.15) is 6.54 Å². The highest BCUT2D eigenvalue weighted by Gasteiger charge is 2.13. The Morgan fingerprint density at radius 3 is 2.53 bits per heavy atom. The number of nitriles is 1. The van der Waals surface area contributed by atoms with Gasteiger partial charge in [0.2, 0.25) is 10.0 Å². The Hall–Kier alpha value is -1.91. The summed E-state index contributed by atoms with van der Waals surface area (Å²) in [5, 5.41) is 8.62. The molecule has 0 bridgehead atoms. The molecule has 7 heteroatoms. The smallest absolute Gasteiger partial charge is 0.320 e.